The molecule has 0 bridgehead atoms. The van der Waals surface area contributed by atoms with Gasteiger partial charge in [0.1, 0.15) is 18.1 Å². The summed E-state index contributed by atoms with van der Waals surface area (Å²) < 4.78 is 11.2. The summed E-state index contributed by atoms with van der Waals surface area (Å²) >= 11 is 0. The minimum atomic E-state index is -0.317. The van der Waals surface area contributed by atoms with Crippen molar-refractivity contribution in [3.63, 3.8) is 0 Å². The molecule has 0 aliphatic rings. The van der Waals surface area contributed by atoms with E-state index >= 15 is 0 Å². The van der Waals surface area contributed by atoms with E-state index in [2.05, 4.69) is 10.5 Å². The van der Waals surface area contributed by atoms with E-state index in [1.54, 1.807) is 6.21 Å². The number of hydrazone groups is 1. The summed E-state index contributed by atoms with van der Waals surface area (Å²) in [6, 6.07) is 25.0. The number of benzene rings is 3. The van der Waals surface area contributed by atoms with E-state index in [1.165, 1.54) is 0 Å². The molecule has 1 N–H and O–H groups in total. The van der Waals surface area contributed by atoms with E-state index in [0.717, 1.165) is 22.4 Å². The zero-order valence-corrected chi connectivity index (χ0v) is 15.7. The molecule has 142 valence electrons. The minimum Gasteiger partial charge on any atom is -0.489 e. The van der Waals surface area contributed by atoms with Crippen LogP contribution in [0.15, 0.2) is 84.0 Å². The van der Waals surface area contributed by atoms with Crippen molar-refractivity contribution < 1.29 is 14.3 Å². The number of hydrogen-bond donors (Lipinski definition) is 1. The van der Waals surface area contributed by atoms with E-state index < -0.39 is 0 Å². The zero-order chi connectivity index (χ0) is 19.6. The standard InChI is InChI=1S/C23H22N2O3/c1-18-7-5-6-10-22(18)28-17-23(26)25-24-15-19-11-13-21(14-12-19)27-16-20-8-3-2-4-9-20/h2-15H,16-17H2,1H3,(H,25,26)/b24-15-. The molecule has 0 unspecified atom stereocenters. The van der Waals surface area contributed by atoms with Gasteiger partial charge in [0.25, 0.3) is 5.91 Å². The van der Waals surface area contributed by atoms with E-state index in [1.807, 2.05) is 85.8 Å². The van der Waals surface area contributed by atoms with Gasteiger partial charge in [-0.05, 0) is 53.9 Å². The van der Waals surface area contributed by atoms with Gasteiger partial charge in [-0.15, -0.1) is 0 Å². The van der Waals surface area contributed by atoms with Crippen molar-refractivity contribution >= 4 is 12.1 Å². The van der Waals surface area contributed by atoms with Gasteiger partial charge in [-0.2, -0.15) is 5.10 Å². The quantitative estimate of drug-likeness (QED) is 0.477. The van der Waals surface area contributed by atoms with Gasteiger partial charge >= 0.3 is 0 Å². The maximum absolute atomic E-state index is 11.8. The summed E-state index contributed by atoms with van der Waals surface area (Å²) in [5, 5.41) is 3.95. The number of ether oxygens (including phenoxy) is 2. The average Bonchev–Trinajstić information content (AvgIpc) is 2.73. The van der Waals surface area contributed by atoms with Crippen LogP contribution in [0, 0.1) is 6.92 Å². The highest BCUT2D eigenvalue weighted by Gasteiger charge is 2.03. The molecule has 0 saturated heterocycles. The molecule has 5 nitrogen and oxygen atoms in total. The van der Waals surface area contributed by atoms with Crippen molar-refractivity contribution in [3.8, 4) is 11.5 Å². The van der Waals surface area contributed by atoms with Gasteiger partial charge in [-0.1, -0.05) is 48.5 Å². The van der Waals surface area contributed by atoms with Crippen LogP contribution in [0.1, 0.15) is 16.7 Å². The molecule has 0 heterocycles. The molecular formula is C23H22N2O3. The average molecular weight is 374 g/mol. The Morgan fingerprint density at radius 3 is 2.39 bits per heavy atom. The number of carbonyl (C=O) groups is 1. The number of rotatable bonds is 8. The Morgan fingerprint density at radius 1 is 0.929 bits per heavy atom. The Balaban J connectivity index is 1.42. The van der Waals surface area contributed by atoms with Crippen LogP contribution in [0.25, 0.3) is 0 Å². The van der Waals surface area contributed by atoms with Gasteiger partial charge in [-0.3, -0.25) is 4.79 Å². The molecule has 28 heavy (non-hydrogen) atoms. The Bertz CT molecular complexity index is 922. The number of aryl methyl sites for hydroxylation is 1. The molecule has 3 aromatic rings. The first-order valence-corrected chi connectivity index (χ1v) is 8.98. The molecule has 3 aromatic carbocycles. The highest BCUT2D eigenvalue weighted by molar-refractivity contribution is 5.83. The van der Waals surface area contributed by atoms with E-state index in [-0.39, 0.29) is 12.5 Å². The number of amides is 1. The van der Waals surface area contributed by atoms with Gasteiger partial charge in [0.05, 0.1) is 6.21 Å². The first kappa shape index (κ1) is 19.2. The Morgan fingerprint density at radius 2 is 1.64 bits per heavy atom. The lowest BCUT2D eigenvalue weighted by atomic mass is 10.2. The first-order valence-electron chi connectivity index (χ1n) is 8.98. The van der Waals surface area contributed by atoms with Crippen LogP contribution >= 0.6 is 0 Å². The van der Waals surface area contributed by atoms with Crippen molar-refractivity contribution in [1.29, 1.82) is 0 Å². The maximum atomic E-state index is 11.8. The van der Waals surface area contributed by atoms with Crippen LogP contribution in [0.3, 0.4) is 0 Å². The van der Waals surface area contributed by atoms with E-state index in [0.29, 0.717) is 12.4 Å². The molecule has 0 radical (unpaired) electrons. The second kappa shape index (κ2) is 9.92. The van der Waals surface area contributed by atoms with Gasteiger partial charge < -0.3 is 9.47 Å². The second-order valence-corrected chi connectivity index (χ2v) is 6.19. The summed E-state index contributed by atoms with van der Waals surface area (Å²) in [5.41, 5.74) is 5.40. The molecule has 1 amide bonds. The Kier molecular flexibility index (Phi) is 6.79. The highest BCUT2D eigenvalue weighted by atomic mass is 16.5. The second-order valence-electron chi connectivity index (χ2n) is 6.19. The molecule has 0 fully saturated rings. The largest absolute Gasteiger partial charge is 0.489 e. The SMILES string of the molecule is Cc1ccccc1OCC(=O)N/N=C\c1ccc(OCc2ccccc2)cc1. The molecular weight excluding hydrogens is 352 g/mol. The third-order valence-corrected chi connectivity index (χ3v) is 3.98. The van der Waals surface area contributed by atoms with Crippen LogP contribution < -0.4 is 14.9 Å². The third-order valence-electron chi connectivity index (χ3n) is 3.98. The summed E-state index contributed by atoms with van der Waals surface area (Å²) in [6.45, 7) is 2.36. The smallest absolute Gasteiger partial charge is 0.277 e. The topological polar surface area (TPSA) is 59.9 Å². The summed E-state index contributed by atoms with van der Waals surface area (Å²) in [4.78, 5) is 11.8. The Hall–Kier alpha value is -3.60. The van der Waals surface area contributed by atoms with Crippen LogP contribution in [0.5, 0.6) is 11.5 Å². The maximum Gasteiger partial charge on any atom is 0.277 e. The van der Waals surface area contributed by atoms with Crippen LogP contribution in [0.4, 0.5) is 0 Å². The van der Waals surface area contributed by atoms with Crippen molar-refractivity contribution in [1.82, 2.24) is 5.43 Å². The summed E-state index contributed by atoms with van der Waals surface area (Å²) in [6.07, 6.45) is 1.58. The zero-order valence-electron chi connectivity index (χ0n) is 15.7. The van der Waals surface area contributed by atoms with E-state index in [4.69, 9.17) is 9.47 Å². The molecule has 5 heteroatoms. The minimum absolute atomic E-state index is 0.0888. The molecule has 0 saturated carbocycles. The molecule has 3 rings (SSSR count). The number of nitrogens with zero attached hydrogens (tertiary/aromatic N) is 1. The van der Waals surface area contributed by atoms with Gasteiger partial charge in [0.15, 0.2) is 6.61 Å². The van der Waals surface area contributed by atoms with Crippen LogP contribution in [-0.4, -0.2) is 18.7 Å². The predicted octanol–water partition coefficient (Wildman–Crippen LogP) is 4.10. The normalized spacial score (nSPS) is 10.6. The highest BCUT2D eigenvalue weighted by Crippen LogP contribution is 2.16. The monoisotopic (exact) mass is 374 g/mol. The van der Waals surface area contributed by atoms with Gasteiger partial charge in [0.2, 0.25) is 0 Å². The molecule has 0 aliphatic carbocycles. The van der Waals surface area contributed by atoms with Crippen molar-refractivity contribution in [2.24, 2.45) is 5.10 Å². The third kappa shape index (κ3) is 5.99. The predicted molar refractivity (Wildman–Crippen MR) is 110 cm³/mol. The lowest BCUT2D eigenvalue weighted by molar-refractivity contribution is -0.123. The van der Waals surface area contributed by atoms with Crippen LogP contribution in [-0.2, 0) is 11.4 Å². The number of carbonyl (C=O) groups excluding carboxylic acids is 1. The summed E-state index contributed by atoms with van der Waals surface area (Å²) in [5.74, 6) is 1.15. The fourth-order valence-electron chi connectivity index (χ4n) is 2.46. The van der Waals surface area contributed by atoms with E-state index in [9.17, 15) is 4.79 Å². The lowest BCUT2D eigenvalue weighted by Gasteiger charge is -2.07. The molecule has 0 aliphatic heterocycles. The van der Waals surface area contributed by atoms with Gasteiger partial charge in [-0.25, -0.2) is 5.43 Å². The summed E-state index contributed by atoms with van der Waals surface area (Å²) in [7, 11) is 0. The molecule has 0 atom stereocenters. The van der Waals surface area contributed by atoms with Gasteiger partial charge in [0, 0.05) is 0 Å². The fraction of sp³-hybridized carbons (Fsp3) is 0.130. The molecule has 0 spiro atoms. The number of nitrogens with one attached hydrogen (secondary N) is 1. The first-order chi connectivity index (χ1) is 13.7. The number of hydrogen-bond acceptors (Lipinski definition) is 4. The van der Waals surface area contributed by atoms with Crippen molar-refractivity contribution in [3.05, 3.63) is 95.6 Å². The van der Waals surface area contributed by atoms with Crippen molar-refractivity contribution in [2.45, 2.75) is 13.5 Å². The van der Waals surface area contributed by atoms with Crippen molar-refractivity contribution in [2.75, 3.05) is 6.61 Å². The fourth-order valence-corrected chi connectivity index (χ4v) is 2.46. The Labute approximate surface area is 164 Å². The lowest BCUT2D eigenvalue weighted by Crippen LogP contribution is -2.24. The molecule has 0 aromatic heterocycles. The number of para-hydroxylation sites is 1. The van der Waals surface area contributed by atoms with Crippen LogP contribution in [0.2, 0.25) is 0 Å².